The highest BCUT2D eigenvalue weighted by molar-refractivity contribution is 7.99. The number of nitrogens with one attached hydrogen (secondary N) is 3. The fraction of sp³-hybridized carbons (Fsp3) is 0.267. The molecular weight excluding hydrogens is 618 g/mol. The largest absolute Gasteiger partial charge is 0.457 e. The standard InChI is InChI=1S/C30H38F2N10O3S/c31-16-18-10-21(39-29(36)37)15-23(11-18)45-22-5-3-4-20(14-22)40-30(44)42-25-13-19(17-32)12-24(27(25)46-9-7-33)41-26(43)6-1-2-8-38-28(34)35/h3-5,10-15H,1-2,6-9,16-17,33H2,(H,41,43)(H4,34,35,38)(H4,36,37,39)(H2,40,42,44). The Morgan fingerprint density at radius 1 is 0.826 bits per heavy atom. The minimum absolute atomic E-state index is 0.0151. The smallest absolute Gasteiger partial charge is 0.323 e. The number of thioether (sulfide) groups is 1. The Morgan fingerprint density at radius 2 is 1.54 bits per heavy atom. The summed E-state index contributed by atoms with van der Waals surface area (Å²) < 4.78 is 33.1. The van der Waals surface area contributed by atoms with E-state index < -0.39 is 19.4 Å². The van der Waals surface area contributed by atoms with E-state index in [0.29, 0.717) is 65.0 Å². The second kappa shape index (κ2) is 18.0. The number of nitrogens with two attached hydrogens (primary N) is 5. The van der Waals surface area contributed by atoms with E-state index in [4.69, 9.17) is 33.4 Å². The van der Waals surface area contributed by atoms with Crippen LogP contribution in [-0.4, -0.2) is 42.7 Å². The zero-order valence-corrected chi connectivity index (χ0v) is 25.8. The predicted molar refractivity (Wildman–Crippen MR) is 180 cm³/mol. The minimum Gasteiger partial charge on any atom is -0.457 e. The lowest BCUT2D eigenvalue weighted by atomic mass is 10.1. The molecule has 0 aliphatic rings. The molecule has 0 unspecified atom stereocenters. The Kier molecular flexibility index (Phi) is 13.9. The van der Waals surface area contributed by atoms with Crippen molar-refractivity contribution < 1.29 is 23.1 Å². The van der Waals surface area contributed by atoms with Crippen LogP contribution in [0.25, 0.3) is 0 Å². The molecule has 13 nitrogen and oxygen atoms in total. The SMILES string of the molecule is NCCSc1c(NC(=O)CCCCN=C(N)N)cc(CF)cc1NC(=O)Nc1cccc(Oc2cc(CF)cc(N=C(N)N)c2)c1. The highest BCUT2D eigenvalue weighted by Crippen LogP contribution is 2.37. The fourth-order valence-electron chi connectivity index (χ4n) is 4.14. The average Bonchev–Trinajstić information content (AvgIpc) is 2.99. The lowest BCUT2D eigenvalue weighted by Crippen LogP contribution is -2.23. The molecule has 3 rings (SSSR count). The van der Waals surface area contributed by atoms with Crippen LogP contribution in [-0.2, 0) is 18.1 Å². The van der Waals surface area contributed by atoms with Crippen LogP contribution in [0.2, 0.25) is 0 Å². The van der Waals surface area contributed by atoms with Crippen molar-refractivity contribution in [1.82, 2.24) is 0 Å². The molecule has 3 aromatic rings. The van der Waals surface area contributed by atoms with Crippen molar-refractivity contribution >= 4 is 58.4 Å². The number of urea groups is 1. The van der Waals surface area contributed by atoms with Gasteiger partial charge >= 0.3 is 6.03 Å². The Morgan fingerprint density at radius 3 is 2.22 bits per heavy atom. The number of guanidine groups is 2. The lowest BCUT2D eigenvalue weighted by Gasteiger charge is -2.18. The fourth-order valence-corrected chi connectivity index (χ4v) is 4.99. The summed E-state index contributed by atoms with van der Waals surface area (Å²) in [5.74, 6) is 0.603. The molecule has 0 heterocycles. The van der Waals surface area contributed by atoms with Crippen molar-refractivity contribution in [2.45, 2.75) is 37.5 Å². The van der Waals surface area contributed by atoms with Gasteiger partial charge in [-0.3, -0.25) is 9.79 Å². The molecule has 0 fully saturated rings. The van der Waals surface area contributed by atoms with Crippen LogP contribution in [0.5, 0.6) is 11.5 Å². The van der Waals surface area contributed by atoms with Crippen molar-refractivity contribution in [1.29, 1.82) is 0 Å². The molecule has 0 radical (unpaired) electrons. The summed E-state index contributed by atoms with van der Waals surface area (Å²) in [6.45, 7) is -0.857. The van der Waals surface area contributed by atoms with Gasteiger partial charge in [0.2, 0.25) is 5.91 Å². The predicted octanol–water partition coefficient (Wildman–Crippen LogP) is 4.40. The van der Waals surface area contributed by atoms with E-state index in [1.165, 1.54) is 42.1 Å². The molecule has 0 aromatic heterocycles. The molecule has 0 bridgehead atoms. The first kappa shape index (κ1) is 35.4. The number of rotatable bonds is 16. The topological polar surface area (TPSA) is 234 Å². The molecule has 46 heavy (non-hydrogen) atoms. The van der Waals surface area contributed by atoms with E-state index >= 15 is 0 Å². The average molecular weight is 657 g/mol. The van der Waals surface area contributed by atoms with Gasteiger partial charge in [0.25, 0.3) is 0 Å². The highest BCUT2D eigenvalue weighted by Gasteiger charge is 2.17. The number of unbranched alkanes of at least 4 members (excludes halogenated alkanes) is 1. The summed E-state index contributed by atoms with van der Waals surface area (Å²) in [5, 5.41) is 8.29. The van der Waals surface area contributed by atoms with Crippen LogP contribution in [0.1, 0.15) is 30.4 Å². The van der Waals surface area contributed by atoms with E-state index in [0.717, 1.165) is 0 Å². The first-order chi connectivity index (χ1) is 22.1. The van der Waals surface area contributed by atoms with Gasteiger partial charge in [-0.25, -0.2) is 18.6 Å². The monoisotopic (exact) mass is 656 g/mol. The second-order valence-corrected chi connectivity index (χ2v) is 10.9. The molecule has 0 saturated carbocycles. The minimum atomic E-state index is -0.826. The van der Waals surface area contributed by atoms with Crippen molar-refractivity contribution in [3.05, 3.63) is 65.7 Å². The van der Waals surface area contributed by atoms with Crippen LogP contribution >= 0.6 is 11.8 Å². The summed E-state index contributed by atoms with van der Waals surface area (Å²) in [7, 11) is 0. The number of hydrogen-bond acceptors (Lipinski definition) is 7. The summed E-state index contributed by atoms with van der Waals surface area (Å²) in [6.07, 6.45) is 1.33. The molecule has 0 saturated heterocycles. The Balaban J connectivity index is 1.76. The van der Waals surface area contributed by atoms with E-state index in [9.17, 15) is 18.4 Å². The third kappa shape index (κ3) is 11.8. The van der Waals surface area contributed by atoms with Gasteiger partial charge in [-0.05, 0) is 60.4 Å². The second-order valence-electron chi connectivity index (χ2n) is 9.82. The number of anilines is 3. The van der Waals surface area contributed by atoms with E-state index in [-0.39, 0.29) is 41.2 Å². The van der Waals surface area contributed by atoms with Crippen LogP contribution in [0.3, 0.4) is 0 Å². The molecule has 0 aliphatic carbocycles. The van der Waals surface area contributed by atoms with Gasteiger partial charge in [-0.2, -0.15) is 0 Å². The van der Waals surface area contributed by atoms with Crippen molar-refractivity contribution in [2.75, 3.05) is 34.8 Å². The van der Waals surface area contributed by atoms with Gasteiger partial charge in [0.15, 0.2) is 11.9 Å². The Hall–Kier alpha value is -5.09. The summed E-state index contributed by atoms with van der Waals surface area (Å²) in [6, 6.07) is 13.4. The molecule has 3 aromatic carbocycles. The third-order valence-electron chi connectivity index (χ3n) is 5.99. The normalized spacial score (nSPS) is 10.5. The molecule has 246 valence electrons. The van der Waals surface area contributed by atoms with Gasteiger partial charge in [0.1, 0.15) is 24.8 Å². The molecular formula is C30H38F2N10O3S. The summed E-state index contributed by atoms with van der Waals surface area (Å²) >= 11 is 1.31. The maximum absolute atomic E-state index is 13.8. The van der Waals surface area contributed by atoms with Gasteiger partial charge in [-0.1, -0.05) is 6.07 Å². The molecule has 0 spiro atoms. The van der Waals surface area contributed by atoms with Gasteiger partial charge < -0.3 is 49.4 Å². The van der Waals surface area contributed by atoms with Gasteiger partial charge in [0.05, 0.1) is 22.0 Å². The molecule has 16 heteroatoms. The maximum Gasteiger partial charge on any atom is 0.323 e. The van der Waals surface area contributed by atoms with Crippen LogP contribution in [0, 0.1) is 0 Å². The van der Waals surface area contributed by atoms with E-state index in [2.05, 4.69) is 25.9 Å². The van der Waals surface area contributed by atoms with E-state index in [1.54, 1.807) is 24.3 Å². The van der Waals surface area contributed by atoms with Crippen LogP contribution in [0.15, 0.2) is 69.5 Å². The van der Waals surface area contributed by atoms with Crippen LogP contribution < -0.4 is 49.4 Å². The zero-order chi connectivity index (χ0) is 33.5. The Bertz CT molecular complexity index is 1560. The molecule has 3 amide bonds. The van der Waals surface area contributed by atoms with Crippen molar-refractivity contribution in [2.24, 2.45) is 38.7 Å². The number of hydrogen-bond donors (Lipinski definition) is 8. The summed E-state index contributed by atoms with van der Waals surface area (Å²) in [5.41, 5.74) is 29.1. The summed E-state index contributed by atoms with van der Waals surface area (Å²) in [4.78, 5) is 34.2. The number of amides is 3. The van der Waals surface area contributed by atoms with Crippen molar-refractivity contribution in [3.63, 3.8) is 0 Å². The number of alkyl halides is 2. The maximum atomic E-state index is 13.8. The van der Waals surface area contributed by atoms with Gasteiger partial charge in [-0.15, -0.1) is 11.8 Å². The number of ether oxygens (including phenoxy) is 1. The lowest BCUT2D eigenvalue weighted by molar-refractivity contribution is -0.116. The van der Waals surface area contributed by atoms with Crippen molar-refractivity contribution in [3.8, 4) is 11.5 Å². The first-order valence-electron chi connectivity index (χ1n) is 14.2. The van der Waals surface area contributed by atoms with Gasteiger partial charge in [0, 0.05) is 43.1 Å². The van der Waals surface area contributed by atoms with E-state index in [1.807, 2.05) is 0 Å². The van der Waals surface area contributed by atoms with Crippen LogP contribution in [0.4, 0.5) is 36.3 Å². The quantitative estimate of drug-likeness (QED) is 0.0471. The number of aliphatic imine (C=N–C) groups is 2. The number of halogens is 2. The zero-order valence-electron chi connectivity index (χ0n) is 25.0. The first-order valence-corrected chi connectivity index (χ1v) is 15.1. The molecule has 13 N–H and O–H groups in total. The molecule has 0 aliphatic heterocycles. The number of benzene rings is 3. The number of carbonyl (C=O) groups excluding carboxylic acids is 2. The molecule has 0 atom stereocenters. The third-order valence-corrected chi connectivity index (χ3v) is 7.16. The number of carbonyl (C=O) groups is 2. The number of nitrogens with zero attached hydrogens (tertiary/aromatic N) is 2. The Labute approximate surface area is 269 Å². The highest BCUT2D eigenvalue weighted by atomic mass is 32.2.